The van der Waals surface area contributed by atoms with Crippen LogP contribution in [0.2, 0.25) is 0 Å². The molecule has 1 aromatic rings. The number of allylic oxidation sites excluding steroid dienone is 1. The van der Waals surface area contributed by atoms with Gasteiger partial charge in [0.15, 0.2) is 0 Å². The molecule has 0 heterocycles. The van der Waals surface area contributed by atoms with Crippen molar-refractivity contribution in [2.75, 3.05) is 0 Å². The van der Waals surface area contributed by atoms with Crippen molar-refractivity contribution in [3.8, 4) is 0 Å². The molecule has 4 aliphatic carbocycles. The monoisotopic (exact) mass is 280 g/mol. The van der Waals surface area contributed by atoms with Gasteiger partial charge in [-0.05, 0) is 60.8 Å². The lowest BCUT2D eigenvalue weighted by Crippen LogP contribution is -2.58. The average Bonchev–Trinajstić information content (AvgIpc) is 2.51. The molecule has 5 rings (SSSR count). The van der Waals surface area contributed by atoms with Gasteiger partial charge in [0.2, 0.25) is 0 Å². The molecule has 1 heteroatoms. The van der Waals surface area contributed by atoms with Gasteiger partial charge in [0.1, 0.15) is 6.29 Å². The topological polar surface area (TPSA) is 17.1 Å². The van der Waals surface area contributed by atoms with Gasteiger partial charge in [-0.1, -0.05) is 36.4 Å². The maximum atomic E-state index is 11.3. The zero-order valence-corrected chi connectivity index (χ0v) is 12.6. The van der Waals surface area contributed by atoms with Crippen LogP contribution in [0, 0.1) is 23.2 Å². The van der Waals surface area contributed by atoms with Gasteiger partial charge in [-0.3, -0.25) is 0 Å². The molecule has 3 unspecified atom stereocenters. The van der Waals surface area contributed by atoms with E-state index in [1.54, 1.807) is 0 Å². The summed E-state index contributed by atoms with van der Waals surface area (Å²) in [7, 11) is 0. The first-order valence-corrected chi connectivity index (χ1v) is 8.35. The van der Waals surface area contributed by atoms with Crippen molar-refractivity contribution in [2.45, 2.75) is 43.9 Å². The van der Waals surface area contributed by atoms with Crippen LogP contribution in [-0.4, -0.2) is 6.29 Å². The van der Waals surface area contributed by atoms with E-state index >= 15 is 0 Å². The molecule has 0 amide bonds. The Bertz CT molecular complexity index is 542. The fraction of sp³-hybridized carbons (Fsp3) is 0.550. The minimum Gasteiger partial charge on any atom is -0.303 e. The van der Waals surface area contributed by atoms with Crippen molar-refractivity contribution in [3.05, 3.63) is 48.6 Å². The van der Waals surface area contributed by atoms with Crippen molar-refractivity contribution in [1.29, 1.82) is 0 Å². The average molecular weight is 280 g/mol. The molecule has 0 saturated heterocycles. The Morgan fingerprint density at radius 1 is 1.10 bits per heavy atom. The second-order valence-corrected chi connectivity index (χ2v) is 7.68. The minimum atomic E-state index is 0.0942. The molecule has 0 aromatic heterocycles. The molecule has 0 N–H and O–H groups in total. The number of carbonyl (C=O) groups is 1. The highest BCUT2D eigenvalue weighted by Gasteiger charge is 2.60. The third kappa shape index (κ3) is 1.73. The zero-order chi connectivity index (χ0) is 14.5. The normalized spacial score (nSPS) is 43.7. The fourth-order valence-corrected chi connectivity index (χ4v) is 6.17. The van der Waals surface area contributed by atoms with Crippen LogP contribution >= 0.6 is 0 Å². The number of benzene rings is 1. The molecule has 4 saturated carbocycles. The van der Waals surface area contributed by atoms with E-state index in [0.29, 0.717) is 23.7 Å². The Labute approximate surface area is 127 Å². The van der Waals surface area contributed by atoms with Gasteiger partial charge in [0, 0.05) is 11.8 Å². The molecule has 5 atom stereocenters. The molecular weight excluding hydrogens is 256 g/mol. The van der Waals surface area contributed by atoms with Crippen molar-refractivity contribution in [1.82, 2.24) is 0 Å². The molecule has 4 bridgehead atoms. The van der Waals surface area contributed by atoms with E-state index in [9.17, 15) is 4.79 Å². The third-order valence-corrected chi connectivity index (χ3v) is 6.91. The lowest BCUT2D eigenvalue weighted by molar-refractivity contribution is -0.124. The first-order valence-electron chi connectivity index (χ1n) is 8.35. The summed E-state index contributed by atoms with van der Waals surface area (Å²) in [5.74, 6) is 2.18. The van der Waals surface area contributed by atoms with Crippen LogP contribution in [0.15, 0.2) is 43.0 Å². The first-order chi connectivity index (χ1) is 10.2. The quantitative estimate of drug-likeness (QED) is 0.585. The fourth-order valence-electron chi connectivity index (χ4n) is 6.17. The Balaban J connectivity index is 1.75. The zero-order valence-electron chi connectivity index (χ0n) is 12.6. The maximum Gasteiger partial charge on any atom is 0.120 e. The Morgan fingerprint density at radius 2 is 1.76 bits per heavy atom. The molecule has 1 nitrogen and oxygen atoms in total. The summed E-state index contributed by atoms with van der Waals surface area (Å²) in [4.78, 5) is 11.3. The second-order valence-electron chi connectivity index (χ2n) is 7.68. The van der Waals surface area contributed by atoms with Gasteiger partial charge in [0.25, 0.3) is 0 Å². The molecule has 21 heavy (non-hydrogen) atoms. The van der Waals surface area contributed by atoms with Crippen molar-refractivity contribution >= 4 is 6.29 Å². The van der Waals surface area contributed by atoms with Crippen LogP contribution in [-0.2, 0) is 10.2 Å². The van der Waals surface area contributed by atoms with Gasteiger partial charge in [-0.2, -0.15) is 0 Å². The van der Waals surface area contributed by atoms with Gasteiger partial charge >= 0.3 is 0 Å². The highest BCUT2D eigenvalue weighted by Crippen LogP contribution is 2.68. The highest BCUT2D eigenvalue weighted by atomic mass is 16.1. The largest absolute Gasteiger partial charge is 0.303 e. The smallest absolute Gasteiger partial charge is 0.120 e. The lowest BCUT2D eigenvalue weighted by atomic mass is 9.39. The summed E-state index contributed by atoms with van der Waals surface area (Å²) in [6, 6.07) is 11.1. The predicted molar refractivity (Wildman–Crippen MR) is 85.0 cm³/mol. The molecule has 4 fully saturated rings. The Kier molecular flexibility index (Phi) is 2.89. The van der Waals surface area contributed by atoms with Crippen LogP contribution in [0.25, 0.3) is 0 Å². The number of hydrogen-bond acceptors (Lipinski definition) is 1. The summed E-state index contributed by atoms with van der Waals surface area (Å²) in [6.07, 6.45) is 10.5. The Morgan fingerprint density at radius 3 is 2.33 bits per heavy atom. The van der Waals surface area contributed by atoms with E-state index in [1.165, 1.54) is 37.7 Å². The standard InChI is InChI=1S/C20H24O/c1-2-20(8-9-21)17-10-15-11-18(20)14-19(12-15,13-17)16-6-4-3-5-7-16/h2-7,9,15,17-18H,1,8,10-14H2/t15?,17-,18+,19?,20?. The Hall–Kier alpha value is -1.37. The van der Waals surface area contributed by atoms with Gasteiger partial charge in [0.05, 0.1) is 0 Å². The van der Waals surface area contributed by atoms with Crippen LogP contribution in [0.1, 0.15) is 44.1 Å². The molecule has 0 radical (unpaired) electrons. The molecule has 0 aliphatic heterocycles. The second kappa shape index (κ2) is 4.56. The number of rotatable bonds is 4. The number of carbonyl (C=O) groups excluding carboxylic acids is 1. The SMILES string of the molecule is C=CC1(CC=O)[C@@H]2CC3C[C@H]1CC(c1ccccc1)(C3)C2. The van der Waals surface area contributed by atoms with Crippen LogP contribution in [0.5, 0.6) is 0 Å². The predicted octanol–water partition coefficient (Wildman–Crippen LogP) is 4.53. The maximum absolute atomic E-state index is 11.3. The summed E-state index contributed by atoms with van der Waals surface area (Å²) >= 11 is 0. The molecule has 110 valence electrons. The first kappa shape index (κ1) is 13.3. The van der Waals surface area contributed by atoms with E-state index in [2.05, 4.69) is 43.0 Å². The highest BCUT2D eigenvalue weighted by molar-refractivity contribution is 5.52. The molecule has 1 aromatic carbocycles. The summed E-state index contributed by atoms with van der Waals surface area (Å²) < 4.78 is 0. The number of hydrogen-bond donors (Lipinski definition) is 0. The van der Waals surface area contributed by atoms with Crippen molar-refractivity contribution in [2.24, 2.45) is 23.2 Å². The van der Waals surface area contributed by atoms with E-state index in [1.807, 2.05) is 0 Å². The van der Waals surface area contributed by atoms with Gasteiger partial charge < -0.3 is 4.79 Å². The van der Waals surface area contributed by atoms with Gasteiger partial charge in [-0.15, -0.1) is 6.58 Å². The van der Waals surface area contributed by atoms with Gasteiger partial charge in [-0.25, -0.2) is 0 Å². The summed E-state index contributed by atoms with van der Waals surface area (Å²) in [5.41, 5.74) is 2.01. The van der Waals surface area contributed by atoms with E-state index in [4.69, 9.17) is 0 Å². The summed E-state index contributed by atoms with van der Waals surface area (Å²) in [5, 5.41) is 0. The van der Waals surface area contributed by atoms with E-state index in [0.717, 1.165) is 12.2 Å². The van der Waals surface area contributed by atoms with Crippen LogP contribution in [0.4, 0.5) is 0 Å². The van der Waals surface area contributed by atoms with Crippen molar-refractivity contribution in [3.63, 3.8) is 0 Å². The minimum absolute atomic E-state index is 0.0942. The van der Waals surface area contributed by atoms with Crippen molar-refractivity contribution < 1.29 is 4.79 Å². The molecule has 0 spiro atoms. The van der Waals surface area contributed by atoms with Crippen LogP contribution in [0.3, 0.4) is 0 Å². The van der Waals surface area contributed by atoms with E-state index < -0.39 is 0 Å². The third-order valence-electron chi connectivity index (χ3n) is 6.91. The number of aldehydes is 1. The lowest BCUT2D eigenvalue weighted by Gasteiger charge is -2.65. The van der Waals surface area contributed by atoms with Crippen LogP contribution < -0.4 is 0 Å². The molecule has 4 aliphatic rings. The molecular formula is C20H24O. The summed E-state index contributed by atoms with van der Waals surface area (Å²) in [6.45, 7) is 4.13. The van der Waals surface area contributed by atoms with E-state index in [-0.39, 0.29) is 5.41 Å².